The molecule has 9 nitrogen and oxygen atoms in total. The maximum atomic E-state index is 12.3. The minimum atomic E-state index is -3.50. The molecule has 2 N–H and O–H groups in total. The summed E-state index contributed by atoms with van der Waals surface area (Å²) in [4.78, 5) is 0. The Kier molecular flexibility index (Phi) is 4.27. The molecule has 0 radical (unpaired) electrons. The minimum Gasteiger partial charge on any atom is -0.422 e. The van der Waals surface area contributed by atoms with Crippen molar-refractivity contribution in [2.75, 3.05) is 23.4 Å². The lowest BCUT2D eigenvalue weighted by Gasteiger charge is -2.29. The number of aryl methyl sites for hydroxylation is 1. The van der Waals surface area contributed by atoms with E-state index in [1.54, 1.807) is 12.1 Å². The van der Waals surface area contributed by atoms with Crippen LogP contribution < -0.4 is 14.8 Å². The van der Waals surface area contributed by atoms with E-state index < -0.39 is 15.9 Å². The second-order valence-electron chi connectivity index (χ2n) is 7.71. The molecular weight excluding hydrogens is 406 g/mol. The van der Waals surface area contributed by atoms with E-state index in [0.29, 0.717) is 29.8 Å². The summed E-state index contributed by atoms with van der Waals surface area (Å²) < 4.78 is 38.7. The number of rotatable bonds is 3. The van der Waals surface area contributed by atoms with Gasteiger partial charge in [0, 0.05) is 0 Å². The normalized spacial score (nSPS) is 22.9. The maximum Gasteiger partial charge on any atom is 0.259 e. The molecule has 5 rings (SSSR count). The Morgan fingerprint density at radius 2 is 2.00 bits per heavy atom. The Hall–Kier alpha value is -3.03. The number of allylic oxidation sites excluding steroid dienone is 1. The number of nitrogens with two attached hydrogens (primary N) is 1. The first-order valence-corrected chi connectivity index (χ1v) is 11.4. The molecule has 1 saturated carbocycles. The van der Waals surface area contributed by atoms with Crippen LogP contribution in [0.5, 0.6) is 5.88 Å². The summed E-state index contributed by atoms with van der Waals surface area (Å²) in [5, 5.41) is 14.4. The van der Waals surface area contributed by atoms with Crippen molar-refractivity contribution in [2.45, 2.75) is 31.7 Å². The summed E-state index contributed by atoms with van der Waals surface area (Å²) in [7, 11) is -3.50. The Morgan fingerprint density at radius 1 is 1.27 bits per heavy atom. The van der Waals surface area contributed by atoms with Crippen LogP contribution in [0.2, 0.25) is 0 Å². The van der Waals surface area contributed by atoms with Crippen molar-refractivity contribution < 1.29 is 17.9 Å². The van der Waals surface area contributed by atoms with Gasteiger partial charge in [-0.25, -0.2) is 13.1 Å². The van der Waals surface area contributed by atoms with E-state index in [1.807, 2.05) is 23.7 Å². The van der Waals surface area contributed by atoms with E-state index in [4.69, 9.17) is 15.2 Å². The van der Waals surface area contributed by atoms with Crippen molar-refractivity contribution in [3.8, 4) is 11.9 Å². The van der Waals surface area contributed by atoms with Gasteiger partial charge in [0.25, 0.3) is 10.0 Å². The van der Waals surface area contributed by atoms with Crippen LogP contribution in [0.15, 0.2) is 35.7 Å². The van der Waals surface area contributed by atoms with E-state index in [2.05, 4.69) is 11.2 Å². The average molecular weight is 427 g/mol. The topological polar surface area (TPSA) is 123 Å². The number of nitrogens with zero attached hydrogens (tertiary/aromatic N) is 4. The molecular formula is C20H21N5O4S. The largest absolute Gasteiger partial charge is 0.422 e. The molecule has 0 amide bonds. The smallest absolute Gasteiger partial charge is 0.259 e. The van der Waals surface area contributed by atoms with Crippen LogP contribution >= 0.6 is 0 Å². The highest BCUT2D eigenvalue weighted by atomic mass is 32.2. The van der Waals surface area contributed by atoms with Gasteiger partial charge in [-0.2, -0.15) is 10.4 Å². The van der Waals surface area contributed by atoms with E-state index in [1.165, 1.54) is 4.31 Å². The van der Waals surface area contributed by atoms with Crippen LogP contribution in [0.3, 0.4) is 0 Å². The van der Waals surface area contributed by atoms with Gasteiger partial charge in [0.2, 0.25) is 11.8 Å². The molecule has 1 unspecified atom stereocenters. The molecule has 0 spiro atoms. The van der Waals surface area contributed by atoms with Crippen molar-refractivity contribution in [1.82, 2.24) is 9.78 Å². The van der Waals surface area contributed by atoms with Crippen LogP contribution in [0.25, 0.3) is 0 Å². The highest BCUT2D eigenvalue weighted by Gasteiger charge is 2.39. The third-order valence-electron chi connectivity index (χ3n) is 5.67. The second kappa shape index (κ2) is 6.75. The lowest BCUT2D eigenvalue weighted by atomic mass is 9.84. The third kappa shape index (κ3) is 2.93. The summed E-state index contributed by atoms with van der Waals surface area (Å²) in [6, 6.07) is 9.65. The summed E-state index contributed by atoms with van der Waals surface area (Å²) in [5.41, 5.74) is 9.45. The van der Waals surface area contributed by atoms with Gasteiger partial charge in [-0.05, 0) is 37.5 Å². The molecule has 3 heterocycles. The van der Waals surface area contributed by atoms with Crippen molar-refractivity contribution in [3.05, 3.63) is 52.5 Å². The molecule has 3 aliphatic rings. The third-order valence-corrected chi connectivity index (χ3v) is 7.20. The fourth-order valence-corrected chi connectivity index (χ4v) is 5.33. The molecule has 1 aliphatic carbocycles. The predicted octanol–water partition coefficient (Wildman–Crippen LogP) is 1.87. The van der Waals surface area contributed by atoms with Crippen LogP contribution in [-0.4, -0.2) is 37.3 Å². The molecule has 10 heteroatoms. The Bertz CT molecular complexity index is 1190. The van der Waals surface area contributed by atoms with Gasteiger partial charge in [-0.15, -0.1) is 0 Å². The number of anilines is 1. The molecule has 1 aromatic carbocycles. The summed E-state index contributed by atoms with van der Waals surface area (Å²) >= 11 is 0. The van der Waals surface area contributed by atoms with E-state index in [-0.39, 0.29) is 18.4 Å². The quantitative estimate of drug-likeness (QED) is 0.793. The number of sulfonamides is 1. The Labute approximate surface area is 174 Å². The highest BCUT2D eigenvalue weighted by Crippen LogP contribution is 2.48. The first-order valence-electron chi connectivity index (χ1n) is 9.75. The lowest BCUT2D eigenvalue weighted by molar-refractivity contribution is 0.175. The Morgan fingerprint density at radius 3 is 2.63 bits per heavy atom. The van der Waals surface area contributed by atoms with E-state index >= 15 is 0 Å². The first kappa shape index (κ1) is 19.0. The summed E-state index contributed by atoms with van der Waals surface area (Å²) in [6.07, 6.45) is 2.08. The zero-order chi connectivity index (χ0) is 21.0. The maximum absolute atomic E-state index is 12.3. The Balaban J connectivity index is 1.57. The molecule has 156 valence electrons. The fourth-order valence-electron chi connectivity index (χ4n) is 4.08. The molecule has 2 aliphatic heterocycles. The fraction of sp³-hybridized carbons (Fsp3) is 0.400. The molecule has 1 atom stereocenters. The summed E-state index contributed by atoms with van der Waals surface area (Å²) in [6.45, 7) is 2.52. The number of hydrogen-bond acceptors (Lipinski definition) is 7. The SMILES string of the molecule is Cc1nn(C2CC2)c2c1C(c1ccc(N3CCOCS3(=O)=O)cc1)C(C#N)=C(N)O2. The number of nitriles is 1. The van der Waals surface area contributed by atoms with Crippen LogP contribution in [-0.2, 0) is 14.8 Å². The van der Waals surface area contributed by atoms with E-state index in [9.17, 15) is 13.7 Å². The molecule has 2 fully saturated rings. The van der Waals surface area contributed by atoms with Crippen LogP contribution in [0.4, 0.5) is 5.69 Å². The highest BCUT2D eigenvalue weighted by molar-refractivity contribution is 7.92. The average Bonchev–Trinajstić information content (AvgIpc) is 3.51. The minimum absolute atomic E-state index is 0.0802. The number of aromatic nitrogens is 2. The monoisotopic (exact) mass is 427 g/mol. The van der Waals surface area contributed by atoms with E-state index in [0.717, 1.165) is 29.7 Å². The predicted molar refractivity (Wildman–Crippen MR) is 108 cm³/mol. The molecule has 0 bridgehead atoms. The second-order valence-corrected chi connectivity index (χ2v) is 9.55. The first-order chi connectivity index (χ1) is 14.4. The van der Waals surface area contributed by atoms with Crippen LogP contribution in [0, 0.1) is 18.3 Å². The zero-order valence-electron chi connectivity index (χ0n) is 16.4. The van der Waals surface area contributed by atoms with Crippen molar-refractivity contribution >= 4 is 15.7 Å². The van der Waals surface area contributed by atoms with Crippen molar-refractivity contribution in [3.63, 3.8) is 0 Å². The van der Waals surface area contributed by atoms with Gasteiger partial charge in [0.1, 0.15) is 11.6 Å². The molecule has 1 saturated heterocycles. The lowest BCUT2D eigenvalue weighted by Crippen LogP contribution is -2.41. The molecule has 1 aromatic heterocycles. The standard InChI is InChI=1S/C20H21N5O4S/c1-12-17-18(16(10-21)19(22)29-20(17)25(23-12)15-6-7-15)13-2-4-14(5-3-13)24-8-9-28-11-30(24,26)27/h2-5,15,18H,6-9,11,22H2,1H3. The van der Waals surface area contributed by atoms with Gasteiger partial charge in [0.15, 0.2) is 5.94 Å². The molecule has 30 heavy (non-hydrogen) atoms. The molecule has 2 aromatic rings. The summed E-state index contributed by atoms with van der Waals surface area (Å²) in [5.74, 6) is -0.0651. The number of benzene rings is 1. The van der Waals surface area contributed by atoms with Gasteiger partial charge >= 0.3 is 0 Å². The van der Waals surface area contributed by atoms with Gasteiger partial charge in [0.05, 0.1) is 42.1 Å². The number of fused-ring (bicyclic) bond motifs is 1. The van der Waals surface area contributed by atoms with Crippen molar-refractivity contribution in [1.29, 1.82) is 5.26 Å². The van der Waals surface area contributed by atoms with Crippen LogP contribution in [0.1, 0.15) is 41.6 Å². The number of ether oxygens (including phenoxy) is 2. The van der Waals surface area contributed by atoms with Gasteiger partial charge in [-0.3, -0.25) is 4.31 Å². The van der Waals surface area contributed by atoms with Crippen molar-refractivity contribution in [2.24, 2.45) is 5.73 Å². The number of hydrogen-bond donors (Lipinski definition) is 1. The van der Waals surface area contributed by atoms with Gasteiger partial charge < -0.3 is 15.2 Å². The van der Waals surface area contributed by atoms with Gasteiger partial charge in [-0.1, -0.05) is 12.1 Å². The zero-order valence-corrected chi connectivity index (χ0v) is 17.2.